The highest BCUT2D eigenvalue weighted by atomic mass is 35.5. The highest BCUT2D eigenvalue weighted by Crippen LogP contribution is 2.30. The predicted octanol–water partition coefficient (Wildman–Crippen LogP) is 4.59. The van der Waals surface area contributed by atoms with Gasteiger partial charge in [-0.05, 0) is 34.4 Å². The van der Waals surface area contributed by atoms with Crippen LogP contribution < -0.4 is 0 Å². The fraction of sp³-hybridized carbons (Fsp3) is 0.227. The lowest BCUT2D eigenvalue weighted by Gasteiger charge is -2.12. The topological polar surface area (TPSA) is 89.4 Å². The molecule has 4 rings (SSSR count). The van der Waals surface area contributed by atoms with Gasteiger partial charge in [-0.25, -0.2) is 4.98 Å². The molecule has 0 aliphatic carbocycles. The molecule has 0 saturated carbocycles. The third kappa shape index (κ3) is 4.02. The van der Waals surface area contributed by atoms with Gasteiger partial charge in [0.05, 0.1) is 0 Å². The second-order valence-electron chi connectivity index (χ2n) is 6.94. The number of rotatable bonds is 8. The van der Waals surface area contributed by atoms with Gasteiger partial charge in [0.25, 0.3) is 0 Å². The van der Waals surface area contributed by atoms with Gasteiger partial charge in [-0.1, -0.05) is 67.4 Å². The van der Waals surface area contributed by atoms with Gasteiger partial charge in [-0.15, -0.1) is 10.2 Å². The van der Waals surface area contributed by atoms with E-state index in [0.29, 0.717) is 18.8 Å². The van der Waals surface area contributed by atoms with Crippen LogP contribution in [0, 0.1) is 0 Å². The van der Waals surface area contributed by atoms with E-state index in [9.17, 15) is 4.79 Å². The molecule has 0 unspecified atom stereocenters. The number of nitrogens with one attached hydrogen (secondary N) is 1. The smallest absolute Gasteiger partial charge is 0.205 e. The van der Waals surface area contributed by atoms with Gasteiger partial charge >= 0.3 is 0 Å². The summed E-state index contributed by atoms with van der Waals surface area (Å²) in [6.07, 6.45) is 1.79. The predicted molar refractivity (Wildman–Crippen MR) is 115 cm³/mol. The Morgan fingerprint density at radius 1 is 1.20 bits per heavy atom. The van der Waals surface area contributed by atoms with Gasteiger partial charge in [0.1, 0.15) is 12.9 Å². The molecular formula is C22H21ClN6O. The normalized spacial score (nSPS) is 11.5. The Labute approximate surface area is 180 Å². The average molecular weight is 422 g/mol. The summed E-state index contributed by atoms with van der Waals surface area (Å²) >= 11 is 6.20. The number of carbonyl (C=O) groups is 1. The van der Waals surface area contributed by atoms with Gasteiger partial charge in [-0.2, -0.15) is 5.21 Å². The molecule has 30 heavy (non-hydrogen) atoms. The van der Waals surface area contributed by atoms with Crippen LogP contribution in [0.3, 0.4) is 0 Å². The van der Waals surface area contributed by atoms with E-state index in [0.717, 1.165) is 40.9 Å². The molecule has 4 aromatic rings. The summed E-state index contributed by atoms with van der Waals surface area (Å²) in [4.78, 5) is 16.3. The minimum absolute atomic E-state index is 0.0877. The first-order valence-corrected chi connectivity index (χ1v) is 10.1. The van der Waals surface area contributed by atoms with E-state index in [-0.39, 0.29) is 10.8 Å². The van der Waals surface area contributed by atoms with E-state index >= 15 is 0 Å². The number of H-pyrrole nitrogens is 1. The zero-order chi connectivity index (χ0) is 21.8. The Bertz CT molecular complexity index is 1200. The summed E-state index contributed by atoms with van der Waals surface area (Å²) in [6, 6.07) is 15.8. The van der Waals surface area contributed by atoms with Crippen molar-refractivity contribution >= 4 is 17.9 Å². The molecule has 0 aliphatic rings. The molecule has 2 heterocycles. The number of hydrogen-bond acceptors (Lipinski definition) is 5. The molecule has 0 fully saturated rings. The highest BCUT2D eigenvalue weighted by molar-refractivity contribution is 6.31. The third-order valence-electron chi connectivity index (χ3n) is 4.95. The third-order valence-corrected chi connectivity index (χ3v) is 5.21. The van der Waals surface area contributed by atoms with Gasteiger partial charge in [-0.3, -0.25) is 4.79 Å². The average Bonchev–Trinajstić information content (AvgIpc) is 3.41. The van der Waals surface area contributed by atoms with Crippen LogP contribution >= 0.6 is 11.6 Å². The minimum Gasteiger partial charge on any atom is -0.320 e. The zero-order valence-corrected chi connectivity index (χ0v) is 17.2. The lowest BCUT2D eigenvalue weighted by molar-refractivity contribution is 0.111. The summed E-state index contributed by atoms with van der Waals surface area (Å²) in [5.41, 5.74) is 3.92. The molecule has 7 nitrogen and oxygen atoms in total. The van der Waals surface area contributed by atoms with Crippen molar-refractivity contribution in [3.63, 3.8) is 0 Å². The van der Waals surface area contributed by atoms with Crippen molar-refractivity contribution in [3.05, 3.63) is 70.8 Å². The van der Waals surface area contributed by atoms with Crippen LogP contribution in [0.5, 0.6) is 0 Å². The summed E-state index contributed by atoms with van der Waals surface area (Å²) in [5.74, 6) is 1.24. The molecule has 2 aromatic carbocycles. The van der Waals surface area contributed by atoms with Crippen molar-refractivity contribution < 1.29 is 6.17 Å². The van der Waals surface area contributed by atoms with Crippen molar-refractivity contribution in [3.8, 4) is 22.5 Å². The van der Waals surface area contributed by atoms with E-state index in [1.54, 1.807) is 4.57 Å². The lowest BCUT2D eigenvalue weighted by Crippen LogP contribution is -2.09. The fourth-order valence-corrected chi connectivity index (χ4v) is 3.72. The van der Waals surface area contributed by atoms with Gasteiger partial charge in [0.2, 0.25) is 5.82 Å². The summed E-state index contributed by atoms with van der Waals surface area (Å²) in [7, 11) is 0. The number of aromatic amines is 1. The number of aldehydes is 1. The van der Waals surface area contributed by atoms with E-state index in [1.165, 1.54) is 0 Å². The Morgan fingerprint density at radius 3 is 2.77 bits per heavy atom. The number of halogens is 1. The molecule has 8 heteroatoms. The highest BCUT2D eigenvalue weighted by Gasteiger charge is 2.16. The molecule has 0 bridgehead atoms. The van der Waals surface area contributed by atoms with Gasteiger partial charge in [0.15, 0.2) is 11.4 Å². The minimum atomic E-state index is -0.834. The van der Waals surface area contributed by atoms with Crippen LogP contribution in [0.15, 0.2) is 48.5 Å². The fourth-order valence-electron chi connectivity index (χ4n) is 3.49. The number of hydrogen-bond donors (Lipinski definition) is 1. The van der Waals surface area contributed by atoms with Gasteiger partial charge in [0, 0.05) is 18.5 Å². The van der Waals surface area contributed by atoms with Crippen LogP contribution in [0.1, 0.15) is 43.0 Å². The maximum Gasteiger partial charge on any atom is 0.205 e. The molecule has 0 amide bonds. The second-order valence-corrected chi connectivity index (χ2v) is 7.30. The lowest BCUT2D eigenvalue weighted by atomic mass is 9.97. The van der Waals surface area contributed by atoms with Crippen LogP contribution in [-0.2, 0) is 13.0 Å². The standard InChI is InChI=1S/C22H21ClN6O/c1-2-3-11-20-24-21(23)19(14-30)29(20)13-15-7-6-8-16(12-15)17-9-4-5-10-18(17)22-25-27-28-26-22/h4-10,12,14H,2-3,11,13H2,1H3,(H,25,26,27,28)/i14D. The Hall–Kier alpha value is -3.32. The first kappa shape index (κ1) is 18.7. The number of imidazole rings is 1. The molecule has 0 aliphatic heterocycles. The van der Waals surface area contributed by atoms with Crippen LogP contribution in [0.4, 0.5) is 0 Å². The number of aromatic nitrogens is 6. The molecule has 2 aromatic heterocycles. The Balaban J connectivity index is 1.73. The number of benzene rings is 2. The summed E-state index contributed by atoms with van der Waals surface area (Å²) in [5, 5.41) is 14.4. The first-order valence-electron chi connectivity index (χ1n) is 10.3. The van der Waals surface area contributed by atoms with E-state index in [4.69, 9.17) is 13.0 Å². The summed E-state index contributed by atoms with van der Waals surface area (Å²) in [6.45, 7) is 2.49. The quantitative estimate of drug-likeness (QED) is 0.420. The molecule has 0 radical (unpaired) electrons. The van der Waals surface area contributed by atoms with E-state index in [2.05, 4.69) is 38.6 Å². The van der Waals surface area contributed by atoms with Crippen molar-refractivity contribution in [1.82, 2.24) is 30.2 Å². The van der Waals surface area contributed by atoms with E-state index < -0.39 is 6.26 Å². The second kappa shape index (κ2) is 9.00. The molecular weight excluding hydrogens is 400 g/mol. The van der Waals surface area contributed by atoms with Crippen LogP contribution in [-0.4, -0.2) is 36.4 Å². The van der Waals surface area contributed by atoms with E-state index in [1.807, 2.05) is 42.5 Å². The Morgan fingerprint density at radius 2 is 2.03 bits per heavy atom. The molecule has 0 saturated heterocycles. The molecule has 0 spiro atoms. The summed E-state index contributed by atoms with van der Waals surface area (Å²) < 4.78 is 9.40. The van der Waals surface area contributed by atoms with Crippen molar-refractivity contribution in [2.45, 2.75) is 32.7 Å². The largest absolute Gasteiger partial charge is 0.320 e. The number of unbranched alkanes of at least 4 members (excludes halogenated alkanes) is 1. The number of carbonyl (C=O) groups excluding carboxylic acids is 1. The van der Waals surface area contributed by atoms with Crippen molar-refractivity contribution in [2.75, 3.05) is 0 Å². The van der Waals surface area contributed by atoms with Crippen LogP contribution in [0.2, 0.25) is 5.15 Å². The zero-order valence-electron chi connectivity index (χ0n) is 17.5. The number of aryl methyl sites for hydroxylation is 1. The SMILES string of the molecule is [2H]C(=O)c1c(Cl)nc(CCCC)n1Cc1cccc(-c2ccccc2-c2nn[nH]n2)c1. The van der Waals surface area contributed by atoms with Crippen molar-refractivity contribution in [1.29, 1.82) is 0 Å². The maximum absolute atomic E-state index is 11.9. The van der Waals surface area contributed by atoms with Crippen LogP contribution in [0.25, 0.3) is 22.5 Å². The molecule has 152 valence electrons. The maximum atomic E-state index is 11.9. The molecule has 1 N–H and O–H groups in total. The number of nitrogens with zero attached hydrogens (tertiary/aromatic N) is 5. The first-order chi connectivity index (χ1) is 15.1. The number of tetrazole rings is 1. The van der Waals surface area contributed by atoms with Gasteiger partial charge < -0.3 is 4.57 Å². The molecule has 0 atom stereocenters. The van der Waals surface area contributed by atoms with Crippen molar-refractivity contribution in [2.24, 2.45) is 0 Å². The monoisotopic (exact) mass is 421 g/mol. The Kier molecular flexibility index (Phi) is 5.61.